The molecule has 1 N–H and O–H groups in total. The molecular weight excluding hydrogens is 246 g/mol. The number of Topliss-reactive ketones (excluding diaryl/α,β-unsaturated/α-hetero) is 1. The van der Waals surface area contributed by atoms with Crippen molar-refractivity contribution >= 4 is 11.9 Å². The number of hydrogen-bond acceptors (Lipinski definition) is 4. The first kappa shape index (κ1) is 14.3. The van der Waals surface area contributed by atoms with Crippen LogP contribution in [0.5, 0.6) is 0 Å². The van der Waals surface area contributed by atoms with Crippen LogP contribution in [0.15, 0.2) is 0 Å². The van der Waals surface area contributed by atoms with Gasteiger partial charge < -0.3 is 14.8 Å². The molecule has 0 radical (unpaired) electrons. The van der Waals surface area contributed by atoms with Gasteiger partial charge >= 0.3 is 6.09 Å². The van der Waals surface area contributed by atoms with Crippen LogP contribution in [0.2, 0.25) is 0 Å². The predicted octanol–water partition coefficient (Wildman–Crippen LogP) is 1.90. The highest BCUT2D eigenvalue weighted by Gasteiger charge is 2.37. The summed E-state index contributed by atoms with van der Waals surface area (Å²) in [6, 6.07) is -0.417. The Bertz CT molecular complexity index is 332. The van der Waals surface area contributed by atoms with E-state index in [1.54, 1.807) is 0 Å². The molecule has 1 aliphatic carbocycles. The summed E-state index contributed by atoms with van der Waals surface area (Å²) < 4.78 is 10.6. The first-order valence-electron chi connectivity index (χ1n) is 7.16. The van der Waals surface area contributed by atoms with E-state index in [2.05, 4.69) is 5.32 Å². The SMILES string of the molecule is CC(C)[C@H](NC(=O)OC1CCOCC1)C(=O)C1CC1. The highest BCUT2D eigenvalue weighted by molar-refractivity contribution is 5.91. The lowest BCUT2D eigenvalue weighted by Gasteiger charge is -2.25. The van der Waals surface area contributed by atoms with Crippen LogP contribution in [0.4, 0.5) is 4.79 Å². The standard InChI is InChI=1S/C14H23NO4/c1-9(2)12(13(16)10-3-4-10)15-14(17)19-11-5-7-18-8-6-11/h9-12H,3-8H2,1-2H3,(H,15,17)/t12-/m0/s1. The van der Waals surface area contributed by atoms with E-state index >= 15 is 0 Å². The summed E-state index contributed by atoms with van der Waals surface area (Å²) in [4.78, 5) is 23.9. The van der Waals surface area contributed by atoms with Gasteiger partial charge in [-0.25, -0.2) is 4.79 Å². The van der Waals surface area contributed by atoms with Crippen molar-refractivity contribution in [2.45, 2.75) is 51.7 Å². The van der Waals surface area contributed by atoms with Crippen LogP contribution in [0.1, 0.15) is 39.5 Å². The molecule has 2 fully saturated rings. The third-order valence-corrected chi connectivity index (χ3v) is 3.67. The van der Waals surface area contributed by atoms with Crippen molar-refractivity contribution in [3.63, 3.8) is 0 Å². The van der Waals surface area contributed by atoms with Gasteiger partial charge in [0.25, 0.3) is 0 Å². The van der Waals surface area contributed by atoms with Gasteiger partial charge in [0.1, 0.15) is 6.10 Å². The number of ether oxygens (including phenoxy) is 2. The average Bonchev–Trinajstić information content (AvgIpc) is 3.20. The Morgan fingerprint density at radius 2 is 1.79 bits per heavy atom. The lowest BCUT2D eigenvalue weighted by Crippen LogP contribution is -2.46. The second-order valence-corrected chi connectivity index (χ2v) is 5.76. The fraction of sp³-hybridized carbons (Fsp3) is 0.857. The molecule has 1 heterocycles. The first-order chi connectivity index (χ1) is 9.08. The molecule has 1 saturated carbocycles. The molecule has 0 aromatic rings. The van der Waals surface area contributed by atoms with Gasteiger partial charge in [0.15, 0.2) is 5.78 Å². The van der Waals surface area contributed by atoms with Gasteiger partial charge in [-0.2, -0.15) is 0 Å². The summed E-state index contributed by atoms with van der Waals surface area (Å²) in [6.07, 6.45) is 2.82. The minimum absolute atomic E-state index is 0.0856. The van der Waals surface area contributed by atoms with Gasteiger partial charge in [-0.15, -0.1) is 0 Å². The second kappa shape index (κ2) is 6.37. The maximum atomic E-state index is 12.1. The fourth-order valence-electron chi connectivity index (χ4n) is 2.29. The number of carbonyl (C=O) groups excluding carboxylic acids is 2. The molecule has 5 nitrogen and oxygen atoms in total. The summed E-state index contributed by atoms with van der Waals surface area (Å²) in [7, 11) is 0. The van der Waals surface area contributed by atoms with E-state index in [4.69, 9.17) is 9.47 Å². The zero-order chi connectivity index (χ0) is 13.8. The van der Waals surface area contributed by atoms with Crippen LogP contribution in [-0.4, -0.2) is 37.2 Å². The maximum absolute atomic E-state index is 12.1. The number of amides is 1. The molecule has 108 valence electrons. The summed E-state index contributed by atoms with van der Waals surface area (Å²) in [5.74, 6) is 0.394. The van der Waals surface area contributed by atoms with Crippen molar-refractivity contribution in [1.82, 2.24) is 5.32 Å². The molecular formula is C14H23NO4. The molecule has 0 bridgehead atoms. The number of carbonyl (C=O) groups is 2. The topological polar surface area (TPSA) is 64.6 Å². The Kier molecular flexibility index (Phi) is 4.80. The largest absolute Gasteiger partial charge is 0.446 e. The Hall–Kier alpha value is -1.10. The summed E-state index contributed by atoms with van der Waals surface area (Å²) in [6.45, 7) is 5.15. The zero-order valence-corrected chi connectivity index (χ0v) is 11.7. The van der Waals surface area contributed by atoms with E-state index < -0.39 is 12.1 Å². The van der Waals surface area contributed by atoms with Crippen molar-refractivity contribution in [2.24, 2.45) is 11.8 Å². The Morgan fingerprint density at radius 3 is 2.32 bits per heavy atom. The number of hydrogen-bond donors (Lipinski definition) is 1. The van der Waals surface area contributed by atoms with E-state index in [9.17, 15) is 9.59 Å². The summed E-state index contributed by atoms with van der Waals surface area (Å²) in [5, 5.41) is 2.73. The third-order valence-electron chi connectivity index (χ3n) is 3.67. The molecule has 19 heavy (non-hydrogen) atoms. The smallest absolute Gasteiger partial charge is 0.408 e. The zero-order valence-electron chi connectivity index (χ0n) is 11.7. The lowest BCUT2D eigenvalue weighted by molar-refractivity contribution is -0.123. The van der Waals surface area contributed by atoms with Gasteiger partial charge in [-0.1, -0.05) is 13.8 Å². The minimum atomic E-state index is -0.473. The highest BCUT2D eigenvalue weighted by Crippen LogP contribution is 2.32. The molecule has 1 saturated heterocycles. The third kappa shape index (κ3) is 4.20. The molecule has 0 aromatic heterocycles. The summed E-state index contributed by atoms with van der Waals surface area (Å²) in [5.41, 5.74) is 0. The van der Waals surface area contributed by atoms with Crippen molar-refractivity contribution in [3.8, 4) is 0 Å². The number of nitrogens with one attached hydrogen (secondary N) is 1. The first-order valence-corrected chi connectivity index (χ1v) is 7.16. The van der Waals surface area contributed by atoms with E-state index in [0.29, 0.717) is 13.2 Å². The van der Waals surface area contributed by atoms with E-state index in [0.717, 1.165) is 25.7 Å². The van der Waals surface area contributed by atoms with Crippen LogP contribution in [0.3, 0.4) is 0 Å². The second-order valence-electron chi connectivity index (χ2n) is 5.76. The number of ketones is 1. The maximum Gasteiger partial charge on any atom is 0.408 e. The minimum Gasteiger partial charge on any atom is -0.446 e. The predicted molar refractivity (Wildman–Crippen MR) is 69.8 cm³/mol. The van der Waals surface area contributed by atoms with Gasteiger partial charge in [0, 0.05) is 18.8 Å². The molecule has 1 amide bonds. The van der Waals surface area contributed by atoms with Crippen molar-refractivity contribution in [2.75, 3.05) is 13.2 Å². The Morgan fingerprint density at radius 1 is 1.16 bits per heavy atom. The van der Waals surface area contributed by atoms with Crippen LogP contribution in [0.25, 0.3) is 0 Å². The molecule has 0 aromatic carbocycles. The monoisotopic (exact) mass is 269 g/mol. The van der Waals surface area contributed by atoms with Gasteiger partial charge in [-0.05, 0) is 18.8 Å². The molecule has 5 heteroatoms. The van der Waals surface area contributed by atoms with Gasteiger partial charge in [0.05, 0.1) is 19.3 Å². The molecule has 0 unspecified atom stereocenters. The van der Waals surface area contributed by atoms with Gasteiger partial charge in [-0.3, -0.25) is 4.79 Å². The van der Waals surface area contributed by atoms with E-state index in [1.807, 2.05) is 13.8 Å². The van der Waals surface area contributed by atoms with Crippen LogP contribution in [-0.2, 0) is 14.3 Å². The van der Waals surface area contributed by atoms with E-state index in [-0.39, 0.29) is 23.7 Å². The molecule has 0 spiro atoms. The van der Waals surface area contributed by atoms with Crippen molar-refractivity contribution < 1.29 is 19.1 Å². The normalized spacial score (nSPS) is 22.1. The van der Waals surface area contributed by atoms with Gasteiger partial charge in [0.2, 0.25) is 0 Å². The Balaban J connectivity index is 1.82. The average molecular weight is 269 g/mol. The van der Waals surface area contributed by atoms with Crippen molar-refractivity contribution in [3.05, 3.63) is 0 Å². The van der Waals surface area contributed by atoms with Crippen LogP contribution in [0, 0.1) is 11.8 Å². The molecule has 2 aliphatic rings. The molecule has 1 atom stereocenters. The highest BCUT2D eigenvalue weighted by atomic mass is 16.6. The fourth-order valence-corrected chi connectivity index (χ4v) is 2.29. The van der Waals surface area contributed by atoms with Crippen molar-refractivity contribution in [1.29, 1.82) is 0 Å². The summed E-state index contributed by atoms with van der Waals surface area (Å²) >= 11 is 0. The molecule has 1 aliphatic heterocycles. The van der Waals surface area contributed by atoms with Crippen LogP contribution < -0.4 is 5.32 Å². The lowest BCUT2D eigenvalue weighted by atomic mass is 9.97. The number of alkyl carbamates (subject to hydrolysis) is 1. The quantitative estimate of drug-likeness (QED) is 0.828. The Labute approximate surface area is 114 Å². The molecule has 2 rings (SSSR count). The van der Waals surface area contributed by atoms with Crippen LogP contribution >= 0.6 is 0 Å². The van der Waals surface area contributed by atoms with E-state index in [1.165, 1.54) is 0 Å². The number of rotatable bonds is 5.